The van der Waals surface area contributed by atoms with Crippen molar-refractivity contribution >= 4 is 30.9 Å². The summed E-state index contributed by atoms with van der Waals surface area (Å²) in [6, 6.07) is 3.10. The lowest BCUT2D eigenvalue weighted by molar-refractivity contribution is 0.0939. The minimum atomic E-state index is -1.87. The average Bonchev–Trinajstić information content (AvgIpc) is 3.32. The molecule has 11 heteroatoms. The summed E-state index contributed by atoms with van der Waals surface area (Å²) < 4.78 is 11.1. The molecule has 1 aliphatic heterocycles. The second kappa shape index (κ2) is 9.13. The first kappa shape index (κ1) is 21.4. The summed E-state index contributed by atoms with van der Waals surface area (Å²) >= 11 is 0. The summed E-state index contributed by atoms with van der Waals surface area (Å²) in [4.78, 5) is 50.8. The number of furan rings is 1. The lowest BCUT2D eigenvalue weighted by atomic mass is 9.94. The predicted octanol–water partition coefficient (Wildman–Crippen LogP) is 1.98. The molecule has 0 spiro atoms. The van der Waals surface area contributed by atoms with E-state index in [0.717, 1.165) is 23.9 Å². The van der Waals surface area contributed by atoms with E-state index in [2.05, 4.69) is 10.1 Å². The maximum absolute atomic E-state index is 13.3. The van der Waals surface area contributed by atoms with Crippen LogP contribution < -0.4 is 15.2 Å². The molecule has 164 valence electrons. The molecule has 1 saturated heterocycles. The molecular weight excluding hydrogens is 423 g/mol. The van der Waals surface area contributed by atoms with E-state index in [4.69, 9.17) is 18.9 Å². The van der Waals surface area contributed by atoms with E-state index < -0.39 is 19.8 Å². The molecule has 3 aromatic rings. The Morgan fingerprint density at radius 1 is 1.35 bits per heavy atom. The first-order valence-corrected chi connectivity index (χ1v) is 11.4. The number of hydrogen-bond donors (Lipinski definition) is 2. The molecule has 0 atom stereocenters. The van der Waals surface area contributed by atoms with Gasteiger partial charge < -0.3 is 23.8 Å². The quantitative estimate of drug-likeness (QED) is 0.546. The number of carbonyl (C=O) groups excluding carboxylic acids is 1. The SMILES string of the molecule is COc1cc2cnn(C(=O)c3ccoc3)c(=O)c2c(N2CCC(CCP(O)O)CC2)n1. The number of pyridine rings is 1. The fraction of sp³-hybridized carbons (Fsp3) is 0.400. The van der Waals surface area contributed by atoms with Crippen LogP contribution in [0.4, 0.5) is 5.82 Å². The Balaban J connectivity index is 1.70. The monoisotopic (exact) mass is 446 g/mol. The number of rotatable bonds is 6. The fourth-order valence-electron chi connectivity index (χ4n) is 3.84. The topological polar surface area (TPSA) is 131 Å². The predicted molar refractivity (Wildman–Crippen MR) is 115 cm³/mol. The Morgan fingerprint density at radius 2 is 2.13 bits per heavy atom. The first-order chi connectivity index (χ1) is 15.0. The van der Waals surface area contributed by atoms with Gasteiger partial charge in [0.05, 0.1) is 30.5 Å². The molecule has 4 heterocycles. The van der Waals surface area contributed by atoms with Gasteiger partial charge in [-0.2, -0.15) is 14.8 Å². The van der Waals surface area contributed by atoms with Crippen LogP contribution in [0.3, 0.4) is 0 Å². The van der Waals surface area contributed by atoms with Crippen molar-refractivity contribution in [2.24, 2.45) is 5.92 Å². The van der Waals surface area contributed by atoms with Crippen molar-refractivity contribution in [1.82, 2.24) is 14.8 Å². The van der Waals surface area contributed by atoms with Gasteiger partial charge in [-0.3, -0.25) is 9.59 Å². The number of fused-ring (bicyclic) bond motifs is 1. The molecule has 3 aromatic heterocycles. The molecule has 0 unspecified atom stereocenters. The van der Waals surface area contributed by atoms with Crippen LogP contribution in [0.2, 0.25) is 0 Å². The second-order valence-corrected chi connectivity index (χ2v) is 8.64. The Bertz CT molecular complexity index is 1120. The van der Waals surface area contributed by atoms with Crippen molar-refractivity contribution in [3.63, 3.8) is 0 Å². The molecule has 0 amide bonds. The number of methoxy groups -OCH3 is 1. The molecule has 2 N–H and O–H groups in total. The zero-order valence-corrected chi connectivity index (χ0v) is 17.9. The van der Waals surface area contributed by atoms with Crippen LogP contribution in [0, 0.1) is 5.92 Å². The van der Waals surface area contributed by atoms with Gasteiger partial charge in [0.2, 0.25) is 5.88 Å². The highest BCUT2D eigenvalue weighted by molar-refractivity contribution is 7.45. The Morgan fingerprint density at radius 3 is 2.77 bits per heavy atom. The molecule has 10 nitrogen and oxygen atoms in total. The fourth-order valence-corrected chi connectivity index (χ4v) is 4.44. The smallest absolute Gasteiger partial charge is 0.285 e. The standard InChI is InChI=1S/C20H23N4O6P/c1-29-16-10-15-11-21-24(19(25)14-4-8-30-12-14)20(26)17(15)18(22-16)23-6-2-13(3-7-23)5-9-31(27)28/h4,8,10-13,27-28H,2-3,5-7,9H2,1H3. The largest absolute Gasteiger partial charge is 0.481 e. The summed E-state index contributed by atoms with van der Waals surface area (Å²) in [7, 11) is -0.369. The van der Waals surface area contributed by atoms with Crippen LogP contribution >= 0.6 is 8.38 Å². The van der Waals surface area contributed by atoms with Crippen LogP contribution in [0.1, 0.15) is 29.6 Å². The Kier molecular flexibility index (Phi) is 6.31. The lowest BCUT2D eigenvalue weighted by Crippen LogP contribution is -2.36. The van der Waals surface area contributed by atoms with Crippen LogP contribution in [0.25, 0.3) is 10.8 Å². The summed E-state index contributed by atoms with van der Waals surface area (Å²) in [5, 5.41) is 4.89. The van der Waals surface area contributed by atoms with Crippen LogP contribution in [0.5, 0.6) is 5.88 Å². The molecule has 1 aliphatic rings. The zero-order valence-electron chi connectivity index (χ0n) is 17.0. The Labute approximate surface area is 179 Å². The molecule has 0 radical (unpaired) electrons. The van der Waals surface area contributed by atoms with E-state index in [-0.39, 0.29) is 5.56 Å². The highest BCUT2D eigenvalue weighted by Gasteiger charge is 2.25. The number of ether oxygens (including phenoxy) is 1. The molecule has 0 saturated carbocycles. The van der Waals surface area contributed by atoms with E-state index in [9.17, 15) is 9.59 Å². The molecule has 31 heavy (non-hydrogen) atoms. The van der Waals surface area contributed by atoms with Crippen molar-refractivity contribution in [1.29, 1.82) is 0 Å². The summed E-state index contributed by atoms with van der Waals surface area (Å²) in [6.45, 7) is 1.32. The highest BCUT2D eigenvalue weighted by Crippen LogP contribution is 2.33. The average molecular weight is 446 g/mol. The van der Waals surface area contributed by atoms with Crippen molar-refractivity contribution in [2.45, 2.75) is 19.3 Å². The summed E-state index contributed by atoms with van der Waals surface area (Å²) in [5.74, 6) is 0.625. The molecule has 0 aliphatic carbocycles. The number of carbonyl (C=O) groups is 1. The molecule has 1 fully saturated rings. The first-order valence-electron chi connectivity index (χ1n) is 9.92. The zero-order chi connectivity index (χ0) is 22.0. The van der Waals surface area contributed by atoms with E-state index >= 15 is 0 Å². The van der Waals surface area contributed by atoms with Gasteiger partial charge in [-0.05, 0) is 31.2 Å². The van der Waals surface area contributed by atoms with E-state index in [1.165, 1.54) is 31.9 Å². The number of hydrogen-bond acceptors (Lipinski definition) is 9. The molecule has 4 rings (SSSR count). The van der Waals surface area contributed by atoms with Gasteiger partial charge in [0.1, 0.15) is 12.1 Å². The van der Waals surface area contributed by atoms with E-state index in [1.54, 1.807) is 6.07 Å². The van der Waals surface area contributed by atoms with Crippen molar-refractivity contribution in [2.75, 3.05) is 31.3 Å². The molecule has 0 bridgehead atoms. The van der Waals surface area contributed by atoms with Gasteiger partial charge in [-0.1, -0.05) is 0 Å². The molecular formula is C20H23N4O6P. The van der Waals surface area contributed by atoms with Gasteiger partial charge in [0, 0.05) is 30.7 Å². The Hall–Kier alpha value is -2.81. The van der Waals surface area contributed by atoms with Crippen molar-refractivity contribution in [3.8, 4) is 5.88 Å². The van der Waals surface area contributed by atoms with Gasteiger partial charge in [0.15, 0.2) is 8.38 Å². The molecule has 0 aromatic carbocycles. The van der Waals surface area contributed by atoms with Gasteiger partial charge in [-0.15, -0.1) is 0 Å². The van der Waals surface area contributed by atoms with E-state index in [0.29, 0.717) is 47.6 Å². The van der Waals surface area contributed by atoms with Crippen molar-refractivity contribution < 1.29 is 23.7 Å². The summed E-state index contributed by atoms with van der Waals surface area (Å²) in [5.41, 5.74) is -0.326. The third-order valence-electron chi connectivity index (χ3n) is 5.55. The number of aromatic nitrogens is 3. The third-order valence-corrected chi connectivity index (χ3v) is 6.21. The second-order valence-electron chi connectivity index (χ2n) is 7.45. The highest BCUT2D eigenvalue weighted by atomic mass is 31.2. The van der Waals surface area contributed by atoms with Crippen LogP contribution in [0.15, 0.2) is 40.1 Å². The number of anilines is 1. The van der Waals surface area contributed by atoms with Crippen LogP contribution in [-0.4, -0.2) is 56.8 Å². The number of nitrogens with zero attached hydrogens (tertiary/aromatic N) is 4. The minimum absolute atomic E-state index is 0.227. The third kappa shape index (κ3) is 4.46. The van der Waals surface area contributed by atoms with Gasteiger partial charge >= 0.3 is 0 Å². The van der Waals surface area contributed by atoms with E-state index in [1.807, 2.05) is 4.90 Å². The lowest BCUT2D eigenvalue weighted by Gasteiger charge is -2.33. The normalized spacial score (nSPS) is 15.0. The summed E-state index contributed by atoms with van der Waals surface area (Å²) in [6.07, 6.45) is 6.94. The maximum atomic E-state index is 13.3. The maximum Gasteiger partial charge on any atom is 0.285 e. The van der Waals surface area contributed by atoms with Gasteiger partial charge in [-0.25, -0.2) is 0 Å². The van der Waals surface area contributed by atoms with Crippen LogP contribution in [-0.2, 0) is 0 Å². The number of piperidine rings is 1. The van der Waals surface area contributed by atoms with Crippen molar-refractivity contribution in [3.05, 3.63) is 46.8 Å². The minimum Gasteiger partial charge on any atom is -0.481 e. The van der Waals surface area contributed by atoms with Gasteiger partial charge in [0.25, 0.3) is 11.5 Å².